The molecule has 6 heteroatoms. The number of piperidine rings is 1. The van der Waals surface area contributed by atoms with E-state index in [4.69, 9.17) is 24.9 Å². The van der Waals surface area contributed by atoms with Crippen LogP contribution in [0.2, 0.25) is 0 Å². The van der Waals surface area contributed by atoms with Gasteiger partial charge in [0.05, 0.1) is 6.61 Å². The molecule has 1 heterocycles. The summed E-state index contributed by atoms with van der Waals surface area (Å²) in [5, 5.41) is 27.1. The van der Waals surface area contributed by atoms with Gasteiger partial charge in [0.1, 0.15) is 0 Å². The average molecular weight is 217 g/mol. The van der Waals surface area contributed by atoms with Gasteiger partial charge in [0.15, 0.2) is 0 Å². The molecule has 1 unspecified atom stereocenters. The Hall–Kier alpha value is -1.14. The van der Waals surface area contributed by atoms with Crippen molar-refractivity contribution in [3.63, 3.8) is 0 Å². The van der Waals surface area contributed by atoms with Gasteiger partial charge >= 0.3 is 11.9 Å². The standard InChI is InChI=1S/C7H13NO.C2H2O4/c9-5-7-2-1-6(3-7)4-8-7;3-1(4)2(5)6/h6,8-9H,1-5H2;(H,3,4)(H,5,6)/t6?,7-;/m0./s1. The van der Waals surface area contributed by atoms with Crippen LogP contribution in [0.25, 0.3) is 0 Å². The topological polar surface area (TPSA) is 107 Å². The van der Waals surface area contributed by atoms with Gasteiger partial charge in [-0.3, -0.25) is 0 Å². The molecule has 1 aliphatic carbocycles. The molecule has 0 aromatic carbocycles. The summed E-state index contributed by atoms with van der Waals surface area (Å²) in [6, 6.07) is 0. The lowest BCUT2D eigenvalue weighted by Gasteiger charge is -2.24. The number of aliphatic carboxylic acids is 2. The van der Waals surface area contributed by atoms with E-state index in [1.807, 2.05) is 0 Å². The van der Waals surface area contributed by atoms with Crippen LogP contribution in [0, 0.1) is 5.92 Å². The zero-order valence-corrected chi connectivity index (χ0v) is 8.27. The SMILES string of the molecule is O=C(O)C(=O)O.OC[C@@]12CCC(CN1)C2. The Morgan fingerprint density at radius 1 is 1.33 bits per heavy atom. The zero-order chi connectivity index (χ0) is 11.5. The summed E-state index contributed by atoms with van der Waals surface area (Å²) in [7, 11) is 0. The van der Waals surface area contributed by atoms with Crippen molar-refractivity contribution in [2.45, 2.75) is 24.8 Å². The van der Waals surface area contributed by atoms with E-state index in [-0.39, 0.29) is 5.54 Å². The second-order valence-corrected chi connectivity index (χ2v) is 4.04. The van der Waals surface area contributed by atoms with Crippen molar-refractivity contribution in [2.24, 2.45) is 5.92 Å². The number of aliphatic hydroxyl groups excluding tert-OH is 1. The van der Waals surface area contributed by atoms with E-state index in [0.717, 1.165) is 12.5 Å². The number of hydrogen-bond donors (Lipinski definition) is 4. The molecule has 0 aromatic rings. The summed E-state index contributed by atoms with van der Waals surface area (Å²) in [5.41, 5.74) is 0.157. The largest absolute Gasteiger partial charge is 0.473 e. The number of carbonyl (C=O) groups is 2. The zero-order valence-electron chi connectivity index (χ0n) is 8.27. The van der Waals surface area contributed by atoms with E-state index in [1.54, 1.807) is 0 Å². The summed E-state index contributed by atoms with van der Waals surface area (Å²) >= 11 is 0. The van der Waals surface area contributed by atoms with Gasteiger partial charge in [-0.2, -0.15) is 0 Å². The highest BCUT2D eigenvalue weighted by Gasteiger charge is 2.43. The van der Waals surface area contributed by atoms with E-state index < -0.39 is 11.9 Å². The predicted molar refractivity (Wildman–Crippen MR) is 50.4 cm³/mol. The van der Waals surface area contributed by atoms with Gasteiger partial charge in [0, 0.05) is 5.54 Å². The van der Waals surface area contributed by atoms with Crippen LogP contribution in [-0.2, 0) is 9.59 Å². The Kier molecular flexibility index (Phi) is 3.65. The molecule has 4 N–H and O–H groups in total. The predicted octanol–water partition coefficient (Wildman–Crippen LogP) is -0.724. The first kappa shape index (κ1) is 11.9. The highest BCUT2D eigenvalue weighted by molar-refractivity contribution is 6.27. The molecule has 1 aliphatic heterocycles. The van der Waals surface area contributed by atoms with Crippen molar-refractivity contribution in [3.05, 3.63) is 0 Å². The number of aliphatic hydroxyl groups is 1. The smallest absolute Gasteiger partial charge is 0.414 e. The lowest BCUT2D eigenvalue weighted by Crippen LogP contribution is -2.43. The molecule has 0 aromatic heterocycles. The van der Waals surface area contributed by atoms with Crippen LogP contribution < -0.4 is 5.32 Å². The molecular formula is C9H15NO5. The summed E-state index contributed by atoms with van der Waals surface area (Å²) < 4.78 is 0. The normalized spacial score (nSPS) is 31.9. The Morgan fingerprint density at radius 2 is 1.93 bits per heavy atom. The number of carboxylic acids is 2. The minimum atomic E-state index is -1.82. The summed E-state index contributed by atoms with van der Waals surface area (Å²) in [5.74, 6) is -2.78. The molecule has 0 spiro atoms. The molecule has 86 valence electrons. The number of fused-ring (bicyclic) bond motifs is 2. The number of hydrogen-bond acceptors (Lipinski definition) is 4. The molecule has 1 saturated heterocycles. The lowest BCUT2D eigenvalue weighted by atomic mass is 10.0. The first-order valence-electron chi connectivity index (χ1n) is 4.81. The molecule has 1 saturated carbocycles. The summed E-state index contributed by atoms with van der Waals surface area (Å²) in [4.78, 5) is 18.2. The molecule has 2 fully saturated rings. The third-order valence-electron chi connectivity index (χ3n) is 2.96. The summed E-state index contributed by atoms with van der Waals surface area (Å²) in [6.45, 7) is 1.48. The van der Waals surface area contributed by atoms with Gasteiger partial charge in [0.2, 0.25) is 0 Å². The van der Waals surface area contributed by atoms with Crippen molar-refractivity contribution in [3.8, 4) is 0 Å². The van der Waals surface area contributed by atoms with Crippen LogP contribution in [0.1, 0.15) is 19.3 Å². The van der Waals surface area contributed by atoms with Crippen molar-refractivity contribution < 1.29 is 24.9 Å². The monoisotopic (exact) mass is 217 g/mol. The van der Waals surface area contributed by atoms with Gasteiger partial charge in [0.25, 0.3) is 0 Å². The Balaban J connectivity index is 0.000000167. The fourth-order valence-corrected chi connectivity index (χ4v) is 2.13. The van der Waals surface area contributed by atoms with Gasteiger partial charge < -0.3 is 20.6 Å². The van der Waals surface area contributed by atoms with Crippen LogP contribution in [0.4, 0.5) is 0 Å². The van der Waals surface area contributed by atoms with Gasteiger partial charge in [-0.15, -0.1) is 0 Å². The highest BCUT2D eigenvalue weighted by atomic mass is 16.4. The Bertz CT molecular complexity index is 245. The van der Waals surface area contributed by atoms with Crippen molar-refractivity contribution in [1.82, 2.24) is 5.32 Å². The Labute approximate surface area is 86.9 Å². The maximum Gasteiger partial charge on any atom is 0.414 e. The van der Waals surface area contributed by atoms with E-state index in [1.165, 1.54) is 19.3 Å². The molecule has 0 amide bonds. The lowest BCUT2D eigenvalue weighted by molar-refractivity contribution is -0.159. The second kappa shape index (κ2) is 4.59. The van der Waals surface area contributed by atoms with Crippen LogP contribution >= 0.6 is 0 Å². The molecular weight excluding hydrogens is 202 g/mol. The van der Waals surface area contributed by atoms with Crippen molar-refractivity contribution >= 4 is 11.9 Å². The second-order valence-electron chi connectivity index (χ2n) is 4.04. The minimum Gasteiger partial charge on any atom is -0.473 e. The quantitative estimate of drug-likeness (QED) is 0.432. The molecule has 2 aliphatic rings. The highest BCUT2D eigenvalue weighted by Crippen LogP contribution is 2.39. The molecule has 2 bridgehead atoms. The molecule has 6 nitrogen and oxygen atoms in total. The number of carboxylic acid groups (broad SMARTS) is 2. The fourth-order valence-electron chi connectivity index (χ4n) is 2.13. The maximum absolute atomic E-state index is 9.10. The van der Waals surface area contributed by atoms with Crippen molar-refractivity contribution in [2.75, 3.05) is 13.2 Å². The van der Waals surface area contributed by atoms with Crippen LogP contribution in [0.15, 0.2) is 0 Å². The summed E-state index contributed by atoms with van der Waals surface area (Å²) in [6.07, 6.45) is 3.73. The molecule has 0 radical (unpaired) electrons. The Morgan fingerprint density at radius 3 is 2.07 bits per heavy atom. The van der Waals surface area contributed by atoms with Crippen molar-refractivity contribution in [1.29, 1.82) is 0 Å². The number of rotatable bonds is 1. The van der Waals surface area contributed by atoms with Gasteiger partial charge in [-0.25, -0.2) is 9.59 Å². The fraction of sp³-hybridized carbons (Fsp3) is 0.778. The van der Waals surface area contributed by atoms with E-state index in [2.05, 4.69) is 5.32 Å². The minimum absolute atomic E-state index is 0.157. The number of nitrogens with one attached hydrogen (secondary N) is 1. The third-order valence-corrected chi connectivity index (χ3v) is 2.96. The maximum atomic E-state index is 9.10. The average Bonchev–Trinajstić information content (AvgIpc) is 2.79. The van der Waals surface area contributed by atoms with E-state index >= 15 is 0 Å². The third kappa shape index (κ3) is 2.90. The van der Waals surface area contributed by atoms with Crippen LogP contribution in [0.3, 0.4) is 0 Å². The molecule has 15 heavy (non-hydrogen) atoms. The van der Waals surface area contributed by atoms with Crippen LogP contribution in [0.5, 0.6) is 0 Å². The molecule has 2 atom stereocenters. The van der Waals surface area contributed by atoms with Gasteiger partial charge in [-0.05, 0) is 31.7 Å². The van der Waals surface area contributed by atoms with Crippen LogP contribution in [-0.4, -0.2) is 45.9 Å². The first-order valence-corrected chi connectivity index (χ1v) is 4.81. The van der Waals surface area contributed by atoms with Gasteiger partial charge in [-0.1, -0.05) is 0 Å². The van der Waals surface area contributed by atoms with E-state index in [9.17, 15) is 0 Å². The first-order chi connectivity index (χ1) is 6.99. The molecule has 2 rings (SSSR count). The van der Waals surface area contributed by atoms with E-state index in [0.29, 0.717) is 6.61 Å².